The molecule has 3 aliphatic heterocycles. The van der Waals surface area contributed by atoms with E-state index >= 15 is 0 Å². The summed E-state index contributed by atoms with van der Waals surface area (Å²) >= 11 is 0. The lowest BCUT2D eigenvalue weighted by molar-refractivity contribution is -0.0495. The highest BCUT2D eigenvalue weighted by Crippen LogP contribution is 2.29. The number of hydrogen-bond acceptors (Lipinski definition) is 3. The van der Waals surface area contributed by atoms with Crippen LogP contribution in [0, 0.1) is 0 Å². The molecule has 3 fully saturated rings. The zero-order valence-corrected chi connectivity index (χ0v) is 18.3. The minimum Gasteiger partial charge on any atom is -0.351 e. The number of hydrogen-bond donors (Lipinski definition) is 1. The van der Waals surface area contributed by atoms with E-state index in [4.69, 9.17) is 0 Å². The van der Waals surface area contributed by atoms with Crippen LogP contribution >= 0.6 is 0 Å². The second kappa shape index (κ2) is 8.46. The van der Waals surface area contributed by atoms with Gasteiger partial charge in [-0.05, 0) is 63.0 Å². The number of rotatable bonds is 4. The van der Waals surface area contributed by atoms with E-state index in [1.165, 1.54) is 17.7 Å². The van der Waals surface area contributed by atoms with Gasteiger partial charge in [0.2, 0.25) is 0 Å². The number of benzene rings is 1. The third kappa shape index (κ3) is 4.25. The number of fused-ring (bicyclic) bond motifs is 1. The van der Waals surface area contributed by atoms with Gasteiger partial charge in [-0.25, -0.2) is 8.78 Å². The van der Waals surface area contributed by atoms with Gasteiger partial charge < -0.3 is 19.7 Å². The Hall–Kier alpha value is -2.48. The first-order chi connectivity index (χ1) is 15.4. The number of carbonyl (C=O) groups is 2. The van der Waals surface area contributed by atoms with Crippen LogP contribution in [-0.2, 0) is 0 Å². The molecule has 0 aliphatic carbocycles. The monoisotopic (exact) mass is 444 g/mol. The van der Waals surface area contributed by atoms with Crippen molar-refractivity contribution in [1.82, 2.24) is 19.7 Å². The summed E-state index contributed by atoms with van der Waals surface area (Å²) in [6.07, 6.45) is 3.96. The molecule has 0 spiro atoms. The van der Waals surface area contributed by atoms with E-state index in [-0.39, 0.29) is 43.8 Å². The third-order valence-corrected chi connectivity index (χ3v) is 7.19. The molecule has 4 heterocycles. The molecular weight excluding hydrogens is 414 g/mol. The van der Waals surface area contributed by atoms with E-state index in [1.807, 2.05) is 23.1 Å². The van der Waals surface area contributed by atoms with Crippen molar-refractivity contribution in [3.8, 4) is 0 Å². The summed E-state index contributed by atoms with van der Waals surface area (Å²) in [7, 11) is 0. The molecule has 8 heteroatoms. The van der Waals surface area contributed by atoms with Gasteiger partial charge in [0, 0.05) is 61.5 Å². The summed E-state index contributed by atoms with van der Waals surface area (Å²) < 4.78 is 26.8. The van der Waals surface area contributed by atoms with Crippen LogP contribution < -0.4 is 0 Å². The number of piperidine rings is 1. The Morgan fingerprint density at radius 1 is 0.969 bits per heavy atom. The number of aromatic nitrogens is 1. The first-order valence-electron chi connectivity index (χ1n) is 11.7. The van der Waals surface area contributed by atoms with Gasteiger partial charge in [0.15, 0.2) is 0 Å². The van der Waals surface area contributed by atoms with Gasteiger partial charge in [0.25, 0.3) is 17.7 Å². The summed E-state index contributed by atoms with van der Waals surface area (Å²) in [6, 6.07) is 7.46. The highest BCUT2D eigenvalue weighted by molar-refractivity contribution is 6.02. The van der Waals surface area contributed by atoms with Gasteiger partial charge in [-0.1, -0.05) is 0 Å². The minimum absolute atomic E-state index is 0.0425. The van der Waals surface area contributed by atoms with E-state index in [0.29, 0.717) is 11.3 Å². The van der Waals surface area contributed by atoms with E-state index in [0.717, 1.165) is 49.9 Å². The first-order valence-corrected chi connectivity index (χ1v) is 11.7. The molecule has 0 bridgehead atoms. The number of amides is 2. The van der Waals surface area contributed by atoms with Crippen molar-refractivity contribution < 1.29 is 18.4 Å². The fourth-order valence-corrected chi connectivity index (χ4v) is 5.31. The lowest BCUT2D eigenvalue weighted by Gasteiger charge is -2.31. The fraction of sp³-hybridized carbons (Fsp3) is 0.583. The maximum Gasteiger partial charge on any atom is 0.270 e. The van der Waals surface area contributed by atoms with Crippen LogP contribution in [-0.4, -0.2) is 82.7 Å². The van der Waals surface area contributed by atoms with Gasteiger partial charge in [0.1, 0.15) is 5.69 Å². The molecule has 1 N–H and O–H groups in total. The average molecular weight is 445 g/mol. The van der Waals surface area contributed by atoms with E-state index in [1.54, 1.807) is 6.07 Å². The number of likely N-dealkylation sites (tertiary alicyclic amines) is 3. The second-order valence-corrected chi connectivity index (χ2v) is 9.44. The van der Waals surface area contributed by atoms with Crippen molar-refractivity contribution in [2.45, 2.75) is 50.5 Å². The number of halogens is 2. The van der Waals surface area contributed by atoms with Crippen molar-refractivity contribution in [3.63, 3.8) is 0 Å². The lowest BCUT2D eigenvalue weighted by Crippen LogP contribution is -2.42. The summed E-state index contributed by atoms with van der Waals surface area (Å²) in [5.74, 6) is -2.91. The third-order valence-electron chi connectivity index (χ3n) is 7.19. The van der Waals surface area contributed by atoms with Crippen molar-refractivity contribution in [3.05, 3.63) is 35.5 Å². The van der Waals surface area contributed by atoms with Crippen LogP contribution in [0.25, 0.3) is 10.9 Å². The molecule has 1 aromatic heterocycles. The molecule has 5 rings (SSSR count). The van der Waals surface area contributed by atoms with Gasteiger partial charge in [-0.15, -0.1) is 0 Å². The Labute approximate surface area is 186 Å². The predicted molar refractivity (Wildman–Crippen MR) is 118 cm³/mol. The smallest absolute Gasteiger partial charge is 0.270 e. The van der Waals surface area contributed by atoms with Crippen molar-refractivity contribution in [1.29, 1.82) is 0 Å². The number of H-pyrrole nitrogens is 1. The summed E-state index contributed by atoms with van der Waals surface area (Å²) in [4.78, 5) is 35.1. The molecule has 3 aliphatic rings. The largest absolute Gasteiger partial charge is 0.351 e. The van der Waals surface area contributed by atoms with Crippen LogP contribution in [0.15, 0.2) is 24.3 Å². The Balaban J connectivity index is 1.30. The molecule has 172 valence electrons. The summed E-state index contributed by atoms with van der Waals surface area (Å²) in [5, 5.41) is 0.789. The molecule has 1 aromatic carbocycles. The molecule has 0 unspecified atom stereocenters. The molecule has 0 radical (unpaired) electrons. The highest BCUT2D eigenvalue weighted by Gasteiger charge is 2.36. The molecule has 32 heavy (non-hydrogen) atoms. The Kier molecular flexibility index (Phi) is 5.65. The molecule has 2 amide bonds. The zero-order chi connectivity index (χ0) is 22.3. The zero-order valence-electron chi connectivity index (χ0n) is 18.3. The minimum atomic E-state index is -2.69. The van der Waals surface area contributed by atoms with Crippen LogP contribution in [0.5, 0.6) is 0 Å². The SMILES string of the molecule is O=C(c1cc2cc(C(=O)N3CCC[C@@H]3CN3CCCC3)ccc2[nH]1)N1CCC(F)(F)CC1. The predicted octanol–water partition coefficient (Wildman–Crippen LogP) is 3.74. The van der Waals surface area contributed by atoms with E-state index in [9.17, 15) is 18.4 Å². The van der Waals surface area contributed by atoms with Crippen LogP contribution in [0.1, 0.15) is 59.4 Å². The van der Waals surface area contributed by atoms with Crippen LogP contribution in [0.4, 0.5) is 8.78 Å². The van der Waals surface area contributed by atoms with Gasteiger partial charge in [-0.2, -0.15) is 0 Å². The number of carbonyl (C=O) groups excluding carboxylic acids is 2. The normalized spacial score (nSPS) is 23.9. The van der Waals surface area contributed by atoms with E-state index < -0.39 is 5.92 Å². The topological polar surface area (TPSA) is 59.7 Å². The average Bonchev–Trinajstić information content (AvgIpc) is 3.53. The molecular formula is C24H30F2N4O2. The molecule has 6 nitrogen and oxygen atoms in total. The van der Waals surface area contributed by atoms with Crippen molar-refractivity contribution >= 4 is 22.7 Å². The highest BCUT2D eigenvalue weighted by atomic mass is 19.3. The molecule has 1 atom stereocenters. The maximum absolute atomic E-state index is 13.4. The maximum atomic E-state index is 13.4. The Bertz CT molecular complexity index is 1000. The first kappa shape index (κ1) is 21.4. The second-order valence-electron chi connectivity index (χ2n) is 9.44. The molecule has 2 aromatic rings. The van der Waals surface area contributed by atoms with Crippen LogP contribution in [0.2, 0.25) is 0 Å². The number of alkyl halides is 2. The summed E-state index contributed by atoms with van der Waals surface area (Å²) in [5.41, 5.74) is 1.77. The number of nitrogens with zero attached hydrogens (tertiary/aromatic N) is 3. The Morgan fingerprint density at radius 3 is 2.47 bits per heavy atom. The van der Waals surface area contributed by atoms with Crippen molar-refractivity contribution in [2.24, 2.45) is 0 Å². The van der Waals surface area contributed by atoms with Crippen LogP contribution in [0.3, 0.4) is 0 Å². The number of nitrogens with one attached hydrogen (secondary N) is 1. The van der Waals surface area contributed by atoms with Gasteiger partial charge >= 0.3 is 0 Å². The van der Waals surface area contributed by atoms with Gasteiger partial charge in [-0.3, -0.25) is 9.59 Å². The Morgan fingerprint density at radius 2 is 1.72 bits per heavy atom. The lowest BCUT2D eigenvalue weighted by atomic mass is 10.1. The fourth-order valence-electron chi connectivity index (χ4n) is 5.31. The van der Waals surface area contributed by atoms with E-state index in [2.05, 4.69) is 9.88 Å². The number of aromatic amines is 1. The molecule has 0 saturated carbocycles. The molecule has 3 saturated heterocycles. The quantitative estimate of drug-likeness (QED) is 0.782. The standard InChI is InChI=1S/C24H30F2N4O2/c25-24(26)7-12-29(13-8-24)23(32)21-15-18-14-17(5-6-20(18)27-21)22(31)30-11-3-4-19(30)16-28-9-1-2-10-28/h5-6,14-15,19,27H,1-4,7-13,16H2/t19-/m1/s1. The van der Waals surface area contributed by atoms with Gasteiger partial charge in [0.05, 0.1) is 0 Å². The van der Waals surface area contributed by atoms with Crippen molar-refractivity contribution in [2.75, 3.05) is 39.3 Å². The summed E-state index contributed by atoms with van der Waals surface area (Å²) in [6.45, 7) is 4.09.